The van der Waals surface area contributed by atoms with Gasteiger partial charge in [0.15, 0.2) is 11.4 Å². The molecule has 0 aliphatic heterocycles. The number of aromatic nitrogens is 3. The largest absolute Gasteiger partial charge is 0.503 e. The van der Waals surface area contributed by atoms with Crippen LogP contribution in [0.5, 0.6) is 5.75 Å². The SMILES string of the molecule is CC.CC.O=c1ccnc2c(O)cncn12. The van der Waals surface area contributed by atoms with E-state index in [4.69, 9.17) is 0 Å². The van der Waals surface area contributed by atoms with E-state index in [2.05, 4.69) is 9.97 Å². The minimum atomic E-state index is -0.261. The van der Waals surface area contributed by atoms with E-state index < -0.39 is 0 Å². The number of hydrogen-bond donors (Lipinski definition) is 1. The number of rotatable bonds is 0. The molecule has 0 spiro atoms. The van der Waals surface area contributed by atoms with Gasteiger partial charge in [-0.1, -0.05) is 27.7 Å². The third-order valence-corrected chi connectivity index (χ3v) is 1.49. The minimum absolute atomic E-state index is 0.102. The molecule has 0 aliphatic carbocycles. The summed E-state index contributed by atoms with van der Waals surface area (Å²) in [6.07, 6.45) is 3.89. The lowest BCUT2D eigenvalue weighted by atomic mass is 10.5. The van der Waals surface area contributed by atoms with Gasteiger partial charge in [-0.2, -0.15) is 0 Å². The molecule has 1 N–H and O–H groups in total. The van der Waals surface area contributed by atoms with Crippen LogP contribution < -0.4 is 5.56 Å². The summed E-state index contributed by atoms with van der Waals surface area (Å²) in [6, 6.07) is 1.30. The molecule has 2 aromatic rings. The van der Waals surface area contributed by atoms with Crippen LogP contribution in [0.4, 0.5) is 0 Å². The Morgan fingerprint density at radius 1 is 1.25 bits per heavy atom. The molecule has 0 aliphatic rings. The molecule has 2 rings (SSSR count). The second-order valence-corrected chi connectivity index (χ2v) is 2.26. The van der Waals surface area contributed by atoms with Gasteiger partial charge in [0, 0.05) is 12.3 Å². The molecule has 0 unspecified atom stereocenters. The lowest BCUT2D eigenvalue weighted by molar-refractivity contribution is 0.473. The van der Waals surface area contributed by atoms with Gasteiger partial charge in [0.1, 0.15) is 6.33 Å². The van der Waals surface area contributed by atoms with Crippen LogP contribution in [0.25, 0.3) is 5.65 Å². The maximum atomic E-state index is 11.1. The van der Waals surface area contributed by atoms with Gasteiger partial charge in [-0.15, -0.1) is 0 Å². The average molecular weight is 223 g/mol. The molecular weight excluding hydrogens is 206 g/mol. The van der Waals surface area contributed by atoms with Crippen LogP contribution >= 0.6 is 0 Å². The predicted octanol–water partition coefficient (Wildman–Crippen LogP) is 1.85. The first-order valence-electron chi connectivity index (χ1n) is 5.29. The molecule has 16 heavy (non-hydrogen) atoms. The van der Waals surface area contributed by atoms with Crippen molar-refractivity contribution in [1.82, 2.24) is 14.4 Å². The van der Waals surface area contributed by atoms with Crippen LogP contribution in [0.1, 0.15) is 27.7 Å². The van der Waals surface area contributed by atoms with Crippen molar-refractivity contribution in [1.29, 1.82) is 0 Å². The smallest absolute Gasteiger partial charge is 0.259 e. The molecule has 5 nitrogen and oxygen atoms in total. The van der Waals surface area contributed by atoms with E-state index in [1.54, 1.807) is 0 Å². The standard InChI is InChI=1S/C7H5N3O2.2C2H6/c11-5-3-8-4-10-6(12)1-2-9-7(5)10;2*1-2/h1-4,11H;2*1-2H3. The van der Waals surface area contributed by atoms with Crippen molar-refractivity contribution in [2.75, 3.05) is 0 Å². The molecule has 5 heteroatoms. The first kappa shape index (κ1) is 14.1. The summed E-state index contributed by atoms with van der Waals surface area (Å²) in [5.74, 6) is -0.102. The minimum Gasteiger partial charge on any atom is -0.503 e. The molecule has 2 aromatic heterocycles. The third kappa shape index (κ3) is 3.05. The number of aromatic hydroxyl groups is 1. The molecular formula is C11H17N3O2. The highest BCUT2D eigenvalue weighted by Gasteiger charge is 2.00. The lowest BCUT2D eigenvalue weighted by Gasteiger charge is -1.98. The van der Waals surface area contributed by atoms with Crippen LogP contribution in [0, 0.1) is 0 Å². The highest BCUT2D eigenvalue weighted by atomic mass is 16.3. The lowest BCUT2D eigenvalue weighted by Crippen LogP contribution is -2.12. The Balaban J connectivity index is 0.000000509. The quantitative estimate of drug-likeness (QED) is 0.740. The molecule has 0 bridgehead atoms. The molecule has 0 amide bonds. The monoisotopic (exact) mass is 223 g/mol. The third-order valence-electron chi connectivity index (χ3n) is 1.49. The normalized spacial score (nSPS) is 8.50. The van der Waals surface area contributed by atoms with Crippen molar-refractivity contribution in [2.24, 2.45) is 0 Å². The van der Waals surface area contributed by atoms with Crippen LogP contribution in [0.15, 0.2) is 29.6 Å². The van der Waals surface area contributed by atoms with Crippen molar-refractivity contribution < 1.29 is 5.11 Å². The fourth-order valence-corrected chi connectivity index (χ4v) is 0.948. The fourth-order valence-electron chi connectivity index (χ4n) is 0.948. The summed E-state index contributed by atoms with van der Waals surface area (Å²) in [4.78, 5) is 18.6. The van der Waals surface area contributed by atoms with Gasteiger partial charge in [-0.05, 0) is 0 Å². The maximum Gasteiger partial charge on any atom is 0.259 e. The van der Waals surface area contributed by atoms with Gasteiger partial charge < -0.3 is 5.11 Å². The molecule has 0 aromatic carbocycles. The van der Waals surface area contributed by atoms with E-state index >= 15 is 0 Å². The molecule has 2 heterocycles. The fraction of sp³-hybridized carbons (Fsp3) is 0.364. The Morgan fingerprint density at radius 3 is 2.44 bits per heavy atom. The first-order valence-corrected chi connectivity index (χ1v) is 5.29. The number of hydrogen-bond acceptors (Lipinski definition) is 4. The highest BCUT2D eigenvalue weighted by Crippen LogP contribution is 2.09. The molecule has 0 fully saturated rings. The van der Waals surface area contributed by atoms with Crippen molar-refractivity contribution >= 4 is 5.65 Å². The Hall–Kier alpha value is -1.91. The van der Waals surface area contributed by atoms with E-state index in [1.165, 1.54) is 29.2 Å². The number of nitrogens with zero attached hydrogens (tertiary/aromatic N) is 3. The highest BCUT2D eigenvalue weighted by molar-refractivity contribution is 5.49. The molecule has 0 radical (unpaired) electrons. The summed E-state index contributed by atoms with van der Waals surface area (Å²) in [6.45, 7) is 8.00. The Morgan fingerprint density at radius 2 is 1.88 bits per heavy atom. The van der Waals surface area contributed by atoms with Gasteiger partial charge in [0.05, 0.1) is 6.20 Å². The Labute approximate surface area is 94.4 Å². The van der Waals surface area contributed by atoms with Crippen LogP contribution in [-0.4, -0.2) is 19.5 Å². The Bertz CT molecular complexity index is 480. The van der Waals surface area contributed by atoms with Gasteiger partial charge in [0.25, 0.3) is 5.56 Å². The summed E-state index contributed by atoms with van der Waals surface area (Å²) in [7, 11) is 0. The Kier molecular flexibility index (Phi) is 6.51. The summed E-state index contributed by atoms with van der Waals surface area (Å²) in [5.41, 5.74) is -0.0408. The van der Waals surface area contributed by atoms with Crippen molar-refractivity contribution in [3.63, 3.8) is 0 Å². The van der Waals surface area contributed by atoms with Crippen LogP contribution in [0.3, 0.4) is 0 Å². The van der Waals surface area contributed by atoms with E-state index in [1.807, 2.05) is 27.7 Å². The van der Waals surface area contributed by atoms with E-state index in [0.717, 1.165) is 0 Å². The van der Waals surface area contributed by atoms with Gasteiger partial charge in [-0.25, -0.2) is 14.4 Å². The number of fused-ring (bicyclic) bond motifs is 1. The zero-order valence-corrected chi connectivity index (χ0v) is 10.0. The van der Waals surface area contributed by atoms with Crippen LogP contribution in [-0.2, 0) is 0 Å². The average Bonchev–Trinajstić information content (AvgIpc) is 2.36. The molecule has 88 valence electrons. The van der Waals surface area contributed by atoms with Crippen molar-refractivity contribution in [3.05, 3.63) is 35.1 Å². The summed E-state index contributed by atoms with van der Waals surface area (Å²) < 4.78 is 1.18. The second-order valence-electron chi connectivity index (χ2n) is 2.26. The van der Waals surface area contributed by atoms with E-state index in [-0.39, 0.29) is 17.0 Å². The second kappa shape index (κ2) is 7.39. The van der Waals surface area contributed by atoms with Crippen LogP contribution in [0.2, 0.25) is 0 Å². The van der Waals surface area contributed by atoms with Gasteiger partial charge >= 0.3 is 0 Å². The van der Waals surface area contributed by atoms with E-state index in [9.17, 15) is 9.90 Å². The maximum absolute atomic E-state index is 11.1. The molecule has 0 atom stereocenters. The zero-order chi connectivity index (χ0) is 12.6. The van der Waals surface area contributed by atoms with E-state index in [0.29, 0.717) is 0 Å². The van der Waals surface area contributed by atoms with Crippen molar-refractivity contribution in [3.8, 4) is 5.75 Å². The van der Waals surface area contributed by atoms with Crippen molar-refractivity contribution in [2.45, 2.75) is 27.7 Å². The zero-order valence-electron chi connectivity index (χ0n) is 10.0. The van der Waals surface area contributed by atoms with Gasteiger partial charge in [-0.3, -0.25) is 4.79 Å². The predicted molar refractivity (Wildman–Crippen MR) is 63.6 cm³/mol. The first-order chi connectivity index (χ1) is 7.79. The topological polar surface area (TPSA) is 67.5 Å². The van der Waals surface area contributed by atoms with Gasteiger partial charge in [0.2, 0.25) is 0 Å². The molecule has 0 saturated carbocycles. The summed E-state index contributed by atoms with van der Waals surface area (Å²) >= 11 is 0. The molecule has 0 saturated heterocycles. The summed E-state index contributed by atoms with van der Waals surface area (Å²) in [5, 5.41) is 9.21.